The Balaban J connectivity index is 2.49. The zero-order valence-corrected chi connectivity index (χ0v) is 12.1. The summed E-state index contributed by atoms with van der Waals surface area (Å²) in [5.41, 5.74) is 5.47. The number of aliphatic hydroxyl groups is 1. The van der Waals surface area contributed by atoms with E-state index in [1.807, 2.05) is 0 Å². The molecule has 3 N–H and O–H groups in total. The Bertz CT molecular complexity index is 647. The molecule has 1 atom stereocenters. The zero-order valence-electron chi connectivity index (χ0n) is 11.3. The van der Waals surface area contributed by atoms with Crippen molar-refractivity contribution in [2.24, 2.45) is 0 Å². The van der Waals surface area contributed by atoms with Crippen molar-refractivity contribution < 1.29 is 19.0 Å². The number of hydrogen-bond donors (Lipinski definition) is 2. The van der Waals surface area contributed by atoms with Crippen LogP contribution in [0, 0.1) is 5.82 Å². The van der Waals surface area contributed by atoms with Gasteiger partial charge in [-0.15, -0.1) is 0 Å². The van der Waals surface area contributed by atoms with Crippen molar-refractivity contribution in [1.82, 2.24) is 9.97 Å². The van der Waals surface area contributed by atoms with E-state index in [-0.39, 0.29) is 33.9 Å². The molecule has 2 rings (SSSR count). The van der Waals surface area contributed by atoms with E-state index in [0.717, 1.165) is 0 Å². The molecule has 1 aromatic carbocycles. The lowest BCUT2D eigenvalue weighted by atomic mass is 10.1. The Morgan fingerprint density at radius 3 is 2.33 bits per heavy atom. The van der Waals surface area contributed by atoms with E-state index in [0.29, 0.717) is 0 Å². The third kappa shape index (κ3) is 2.98. The number of benzene rings is 1. The van der Waals surface area contributed by atoms with Gasteiger partial charge in [0.05, 0.1) is 31.0 Å². The number of ether oxygens (including phenoxy) is 2. The Morgan fingerprint density at radius 2 is 1.81 bits per heavy atom. The van der Waals surface area contributed by atoms with Crippen LogP contribution in [0.15, 0.2) is 18.2 Å². The predicted molar refractivity (Wildman–Crippen MR) is 75.0 cm³/mol. The first-order chi connectivity index (χ1) is 9.97. The quantitative estimate of drug-likeness (QED) is 0.838. The monoisotopic (exact) mass is 313 g/mol. The topological polar surface area (TPSA) is 90.5 Å². The van der Waals surface area contributed by atoms with E-state index in [2.05, 4.69) is 9.97 Å². The molecule has 0 amide bonds. The fraction of sp³-hybridized carbons (Fsp3) is 0.231. The van der Waals surface area contributed by atoms with Gasteiger partial charge < -0.3 is 20.3 Å². The molecule has 0 radical (unpaired) electrons. The smallest absolute Gasteiger partial charge is 0.220 e. The Hall–Kier alpha value is -2.12. The Kier molecular flexibility index (Phi) is 4.44. The second-order valence-corrected chi connectivity index (χ2v) is 4.48. The summed E-state index contributed by atoms with van der Waals surface area (Å²) >= 11 is 5.62. The fourth-order valence-electron chi connectivity index (χ4n) is 1.71. The molecule has 8 heteroatoms. The number of anilines is 1. The van der Waals surface area contributed by atoms with Crippen molar-refractivity contribution in [3.05, 3.63) is 40.4 Å². The van der Waals surface area contributed by atoms with Crippen LogP contribution in [0.3, 0.4) is 0 Å². The lowest BCUT2D eigenvalue weighted by Gasteiger charge is -2.14. The normalized spacial score (nSPS) is 12.0. The maximum absolute atomic E-state index is 13.7. The number of methoxy groups -OCH3 is 2. The molecule has 6 nitrogen and oxygen atoms in total. The van der Waals surface area contributed by atoms with Gasteiger partial charge in [-0.05, 0) is 6.07 Å². The molecule has 0 saturated carbocycles. The molecule has 0 aliphatic carbocycles. The highest BCUT2D eigenvalue weighted by molar-refractivity contribution is 6.31. The first-order valence-electron chi connectivity index (χ1n) is 5.86. The Morgan fingerprint density at radius 1 is 1.24 bits per heavy atom. The van der Waals surface area contributed by atoms with Gasteiger partial charge in [-0.2, -0.15) is 9.97 Å². The summed E-state index contributed by atoms with van der Waals surface area (Å²) in [6, 6.07) is 4.14. The molecule has 0 saturated heterocycles. The van der Waals surface area contributed by atoms with Crippen molar-refractivity contribution in [3.63, 3.8) is 0 Å². The lowest BCUT2D eigenvalue weighted by Crippen LogP contribution is -2.10. The molecule has 21 heavy (non-hydrogen) atoms. The fourth-order valence-corrected chi connectivity index (χ4v) is 1.88. The molecule has 112 valence electrons. The van der Waals surface area contributed by atoms with Crippen LogP contribution in [0.4, 0.5) is 10.1 Å². The summed E-state index contributed by atoms with van der Waals surface area (Å²) in [6.07, 6.45) is -1.35. The molecule has 0 aliphatic rings. The minimum atomic E-state index is -1.35. The Labute approximate surface area is 125 Å². The van der Waals surface area contributed by atoms with Gasteiger partial charge in [0, 0.05) is 5.56 Å². The second-order valence-electron chi connectivity index (χ2n) is 4.08. The molecule has 0 aliphatic heterocycles. The SMILES string of the molecule is COc1cc(OC)nc(C(O)c2ccc(Cl)c(F)c2N)n1. The molecule has 1 heterocycles. The van der Waals surface area contributed by atoms with Crippen LogP contribution in [0.2, 0.25) is 5.02 Å². The third-order valence-electron chi connectivity index (χ3n) is 2.82. The number of hydrogen-bond acceptors (Lipinski definition) is 6. The van der Waals surface area contributed by atoms with Crippen LogP contribution in [-0.2, 0) is 0 Å². The summed E-state index contributed by atoms with van der Waals surface area (Å²) in [7, 11) is 2.82. The highest BCUT2D eigenvalue weighted by Gasteiger charge is 2.21. The summed E-state index contributed by atoms with van der Waals surface area (Å²) in [4.78, 5) is 7.99. The number of nitrogens with zero attached hydrogens (tertiary/aromatic N) is 2. The summed E-state index contributed by atoms with van der Waals surface area (Å²) < 4.78 is 23.7. The number of aliphatic hydroxyl groups excluding tert-OH is 1. The van der Waals surface area contributed by atoms with E-state index in [1.165, 1.54) is 32.4 Å². The van der Waals surface area contributed by atoms with Crippen LogP contribution < -0.4 is 15.2 Å². The minimum absolute atomic E-state index is 0.0281. The third-order valence-corrected chi connectivity index (χ3v) is 3.11. The van der Waals surface area contributed by atoms with Crippen molar-refractivity contribution in [2.75, 3.05) is 20.0 Å². The first kappa shape index (κ1) is 15.3. The average Bonchev–Trinajstić information content (AvgIpc) is 2.51. The average molecular weight is 314 g/mol. The van der Waals surface area contributed by atoms with Crippen LogP contribution in [-0.4, -0.2) is 29.3 Å². The highest BCUT2D eigenvalue weighted by Crippen LogP contribution is 2.31. The second kappa shape index (κ2) is 6.11. The molecule has 1 unspecified atom stereocenters. The number of halogens is 2. The van der Waals surface area contributed by atoms with E-state index < -0.39 is 11.9 Å². The summed E-state index contributed by atoms with van der Waals surface area (Å²) in [5.74, 6) is -0.435. The maximum Gasteiger partial charge on any atom is 0.220 e. The van der Waals surface area contributed by atoms with Gasteiger partial charge in [-0.25, -0.2) is 4.39 Å². The minimum Gasteiger partial charge on any atom is -0.481 e. The molecule has 0 spiro atoms. The van der Waals surface area contributed by atoms with Crippen molar-refractivity contribution in [1.29, 1.82) is 0 Å². The number of rotatable bonds is 4. The van der Waals surface area contributed by atoms with Gasteiger partial charge in [0.15, 0.2) is 11.6 Å². The van der Waals surface area contributed by atoms with Crippen molar-refractivity contribution in [3.8, 4) is 11.8 Å². The largest absolute Gasteiger partial charge is 0.481 e. The first-order valence-corrected chi connectivity index (χ1v) is 6.24. The van der Waals surface area contributed by atoms with Crippen molar-refractivity contribution >= 4 is 17.3 Å². The van der Waals surface area contributed by atoms with Gasteiger partial charge in [0.1, 0.15) is 6.10 Å². The number of nitrogens with two attached hydrogens (primary N) is 1. The van der Waals surface area contributed by atoms with Gasteiger partial charge in [-0.3, -0.25) is 0 Å². The van der Waals surface area contributed by atoms with Gasteiger partial charge in [0.25, 0.3) is 0 Å². The predicted octanol–water partition coefficient (Wildman–Crippen LogP) is 1.95. The van der Waals surface area contributed by atoms with Gasteiger partial charge in [-0.1, -0.05) is 17.7 Å². The van der Waals surface area contributed by atoms with Crippen LogP contribution in [0.25, 0.3) is 0 Å². The highest BCUT2D eigenvalue weighted by atomic mass is 35.5. The molecule has 2 aromatic rings. The molecule has 0 bridgehead atoms. The summed E-state index contributed by atoms with van der Waals surface area (Å²) in [6.45, 7) is 0. The molecular formula is C13H13ClFN3O3. The van der Waals surface area contributed by atoms with Crippen molar-refractivity contribution in [2.45, 2.75) is 6.10 Å². The van der Waals surface area contributed by atoms with Gasteiger partial charge in [0.2, 0.25) is 11.8 Å². The van der Waals surface area contributed by atoms with E-state index in [9.17, 15) is 9.50 Å². The summed E-state index contributed by atoms with van der Waals surface area (Å²) in [5, 5.41) is 10.2. The van der Waals surface area contributed by atoms with Gasteiger partial charge >= 0.3 is 0 Å². The molecule has 0 fully saturated rings. The molecular weight excluding hydrogens is 301 g/mol. The standard InChI is InChI=1S/C13H13ClFN3O3/c1-20-8-5-9(21-2)18-13(17-8)12(19)6-3-4-7(14)10(15)11(6)16/h3-5,12,19H,16H2,1-2H3. The number of nitrogen functional groups attached to an aromatic ring is 1. The van der Waals surface area contributed by atoms with E-state index in [1.54, 1.807) is 0 Å². The van der Waals surface area contributed by atoms with E-state index >= 15 is 0 Å². The lowest BCUT2D eigenvalue weighted by molar-refractivity contribution is 0.206. The van der Waals surface area contributed by atoms with Crippen LogP contribution >= 0.6 is 11.6 Å². The van der Waals surface area contributed by atoms with E-state index in [4.69, 9.17) is 26.8 Å². The maximum atomic E-state index is 13.7. The van der Waals surface area contributed by atoms with Crippen LogP contribution in [0.1, 0.15) is 17.5 Å². The number of aromatic nitrogens is 2. The zero-order chi connectivity index (χ0) is 15.6. The molecule has 1 aromatic heterocycles. The van der Waals surface area contributed by atoms with Crippen LogP contribution in [0.5, 0.6) is 11.8 Å².